The summed E-state index contributed by atoms with van der Waals surface area (Å²) >= 11 is 0. The molecule has 0 aliphatic rings. The van der Waals surface area contributed by atoms with E-state index in [1.54, 1.807) is 23.7 Å². The van der Waals surface area contributed by atoms with Crippen molar-refractivity contribution in [1.29, 1.82) is 0 Å². The second-order valence-electron chi connectivity index (χ2n) is 6.72. The van der Waals surface area contributed by atoms with Crippen LogP contribution in [0.5, 0.6) is 0 Å². The molecular weight excluding hydrogens is 356 g/mol. The average Bonchev–Trinajstić information content (AvgIpc) is 3.23. The molecule has 10 nitrogen and oxygen atoms in total. The first-order valence-electron chi connectivity index (χ1n) is 8.90. The van der Waals surface area contributed by atoms with Crippen molar-refractivity contribution in [1.82, 2.24) is 39.2 Å². The number of hydrogen-bond acceptors (Lipinski definition) is 8. The van der Waals surface area contributed by atoms with Gasteiger partial charge in [0.2, 0.25) is 0 Å². The largest absolute Gasteiger partial charge is 0.384 e. The summed E-state index contributed by atoms with van der Waals surface area (Å²) in [5.74, 6) is 2.28. The van der Waals surface area contributed by atoms with Crippen LogP contribution in [0.4, 0.5) is 17.5 Å². The van der Waals surface area contributed by atoms with Crippen molar-refractivity contribution in [2.24, 2.45) is 0 Å². The molecule has 10 heteroatoms. The van der Waals surface area contributed by atoms with Gasteiger partial charge in [0.15, 0.2) is 17.3 Å². The van der Waals surface area contributed by atoms with Crippen molar-refractivity contribution < 1.29 is 0 Å². The Bertz CT molecular complexity index is 1090. The molecule has 0 bridgehead atoms. The number of aryl methyl sites for hydroxylation is 1. The fourth-order valence-corrected chi connectivity index (χ4v) is 2.89. The van der Waals surface area contributed by atoms with E-state index in [1.165, 1.54) is 0 Å². The standard InChI is InChI=1S/C18H22N10/c1-12-21-13(11-14(19)22-12)17-18(24-16-5-4-7-20-28(16)17)23-15-6-8-27(25-15)10-9-26(2)3/h4-8,11H,9-10H2,1-3H3,(H,23,25)(H2,19,21,22). The van der Waals surface area contributed by atoms with Gasteiger partial charge in [0.25, 0.3) is 0 Å². The molecule has 0 unspecified atom stereocenters. The minimum Gasteiger partial charge on any atom is -0.384 e. The third kappa shape index (κ3) is 3.62. The molecule has 0 saturated carbocycles. The summed E-state index contributed by atoms with van der Waals surface area (Å²) in [6.45, 7) is 3.51. The summed E-state index contributed by atoms with van der Waals surface area (Å²) in [6.07, 6.45) is 3.64. The highest BCUT2D eigenvalue weighted by Crippen LogP contribution is 2.29. The normalized spacial score (nSPS) is 11.4. The van der Waals surface area contributed by atoms with Crippen LogP contribution in [0.1, 0.15) is 5.82 Å². The van der Waals surface area contributed by atoms with Gasteiger partial charge in [-0.3, -0.25) is 4.68 Å². The van der Waals surface area contributed by atoms with E-state index in [0.29, 0.717) is 40.3 Å². The van der Waals surface area contributed by atoms with E-state index in [1.807, 2.05) is 43.2 Å². The molecule has 144 valence electrons. The van der Waals surface area contributed by atoms with Crippen molar-refractivity contribution in [2.45, 2.75) is 13.5 Å². The van der Waals surface area contributed by atoms with E-state index in [9.17, 15) is 0 Å². The van der Waals surface area contributed by atoms with Gasteiger partial charge < -0.3 is 16.0 Å². The van der Waals surface area contributed by atoms with Crippen LogP contribution in [0, 0.1) is 6.92 Å². The van der Waals surface area contributed by atoms with Crippen molar-refractivity contribution in [3.8, 4) is 11.4 Å². The number of nitrogens with one attached hydrogen (secondary N) is 1. The Morgan fingerprint density at radius 2 is 2.04 bits per heavy atom. The molecule has 0 spiro atoms. The van der Waals surface area contributed by atoms with E-state index in [-0.39, 0.29) is 0 Å². The van der Waals surface area contributed by atoms with Crippen LogP contribution in [0.25, 0.3) is 17.0 Å². The molecule has 0 aliphatic carbocycles. The van der Waals surface area contributed by atoms with E-state index >= 15 is 0 Å². The number of anilines is 3. The first kappa shape index (κ1) is 17.9. The van der Waals surface area contributed by atoms with Crippen LogP contribution in [0.15, 0.2) is 36.7 Å². The summed E-state index contributed by atoms with van der Waals surface area (Å²) in [5, 5.41) is 12.3. The lowest BCUT2D eigenvalue weighted by Gasteiger charge is -2.09. The number of fused-ring (bicyclic) bond motifs is 1. The molecule has 4 heterocycles. The smallest absolute Gasteiger partial charge is 0.162 e. The van der Waals surface area contributed by atoms with E-state index in [2.05, 4.69) is 35.4 Å². The molecule has 0 fully saturated rings. The minimum atomic E-state index is 0.396. The second-order valence-corrected chi connectivity index (χ2v) is 6.72. The molecule has 3 N–H and O–H groups in total. The monoisotopic (exact) mass is 378 g/mol. The maximum absolute atomic E-state index is 5.93. The summed E-state index contributed by atoms with van der Waals surface area (Å²) in [5.41, 5.74) is 7.98. The summed E-state index contributed by atoms with van der Waals surface area (Å²) in [6, 6.07) is 7.35. The number of nitrogens with zero attached hydrogens (tertiary/aromatic N) is 8. The van der Waals surface area contributed by atoms with Crippen LogP contribution in [-0.4, -0.2) is 59.9 Å². The highest BCUT2D eigenvalue weighted by Gasteiger charge is 2.18. The quantitative estimate of drug-likeness (QED) is 0.520. The van der Waals surface area contributed by atoms with E-state index < -0.39 is 0 Å². The van der Waals surface area contributed by atoms with Gasteiger partial charge in [0.05, 0.1) is 12.2 Å². The first-order valence-corrected chi connectivity index (χ1v) is 8.90. The Morgan fingerprint density at radius 3 is 2.82 bits per heavy atom. The maximum atomic E-state index is 5.93. The van der Waals surface area contributed by atoms with Crippen molar-refractivity contribution in [3.05, 3.63) is 42.5 Å². The Labute approximate surface area is 162 Å². The van der Waals surface area contributed by atoms with Gasteiger partial charge >= 0.3 is 0 Å². The zero-order valence-electron chi connectivity index (χ0n) is 16.0. The third-order valence-electron chi connectivity index (χ3n) is 4.16. The lowest BCUT2D eigenvalue weighted by Crippen LogP contribution is -2.18. The zero-order chi connectivity index (χ0) is 19.7. The molecule has 0 radical (unpaired) electrons. The van der Waals surface area contributed by atoms with Gasteiger partial charge in [0.1, 0.15) is 17.3 Å². The molecule has 0 atom stereocenters. The van der Waals surface area contributed by atoms with E-state index in [4.69, 9.17) is 5.73 Å². The fourth-order valence-electron chi connectivity index (χ4n) is 2.89. The third-order valence-corrected chi connectivity index (χ3v) is 4.16. The Kier molecular flexibility index (Phi) is 4.62. The molecule has 0 saturated heterocycles. The van der Waals surface area contributed by atoms with Crippen molar-refractivity contribution in [2.75, 3.05) is 31.7 Å². The first-order chi connectivity index (χ1) is 13.5. The van der Waals surface area contributed by atoms with Gasteiger partial charge in [0, 0.05) is 31.1 Å². The highest BCUT2D eigenvalue weighted by molar-refractivity contribution is 5.77. The Hall–Kier alpha value is -3.53. The molecule has 0 amide bonds. The molecule has 4 aromatic rings. The van der Waals surface area contributed by atoms with Crippen LogP contribution < -0.4 is 11.1 Å². The highest BCUT2D eigenvalue weighted by atomic mass is 15.3. The van der Waals surface area contributed by atoms with Crippen molar-refractivity contribution in [3.63, 3.8) is 0 Å². The number of aromatic nitrogens is 7. The summed E-state index contributed by atoms with van der Waals surface area (Å²) in [7, 11) is 4.07. The van der Waals surface area contributed by atoms with Gasteiger partial charge in [-0.1, -0.05) is 0 Å². The molecule has 0 aromatic carbocycles. The molecule has 28 heavy (non-hydrogen) atoms. The van der Waals surface area contributed by atoms with Gasteiger partial charge in [-0.15, -0.1) is 0 Å². The number of hydrogen-bond donors (Lipinski definition) is 2. The van der Waals surface area contributed by atoms with Crippen LogP contribution in [0.2, 0.25) is 0 Å². The summed E-state index contributed by atoms with van der Waals surface area (Å²) in [4.78, 5) is 15.4. The van der Waals surface area contributed by atoms with Gasteiger partial charge in [-0.2, -0.15) is 10.2 Å². The van der Waals surface area contributed by atoms with E-state index in [0.717, 1.165) is 13.1 Å². The van der Waals surface area contributed by atoms with Gasteiger partial charge in [-0.25, -0.2) is 19.5 Å². The average molecular weight is 378 g/mol. The maximum Gasteiger partial charge on any atom is 0.162 e. The molecule has 4 aromatic heterocycles. The SMILES string of the molecule is Cc1nc(N)cc(-c2c(Nc3ccn(CCN(C)C)n3)nc3cccnn23)n1. The Balaban J connectivity index is 1.73. The second kappa shape index (κ2) is 7.24. The molecular formula is C18H22N10. The molecule has 4 rings (SSSR count). The lowest BCUT2D eigenvalue weighted by molar-refractivity contribution is 0.373. The Morgan fingerprint density at radius 1 is 1.18 bits per heavy atom. The van der Waals surface area contributed by atoms with Crippen LogP contribution in [0.3, 0.4) is 0 Å². The topological polar surface area (TPSA) is 115 Å². The fraction of sp³-hybridized carbons (Fsp3) is 0.278. The molecule has 0 aliphatic heterocycles. The van der Waals surface area contributed by atoms with Crippen LogP contribution >= 0.6 is 0 Å². The number of nitrogens with two attached hydrogens (primary N) is 1. The summed E-state index contributed by atoms with van der Waals surface area (Å²) < 4.78 is 3.62. The predicted octanol–water partition coefficient (Wildman–Crippen LogP) is 1.58. The predicted molar refractivity (Wildman–Crippen MR) is 107 cm³/mol. The van der Waals surface area contributed by atoms with Gasteiger partial charge in [-0.05, 0) is 33.2 Å². The number of nitrogen functional groups attached to an aromatic ring is 1. The number of likely N-dealkylation sites (N-methyl/N-ethyl adjacent to an activating group) is 1. The lowest BCUT2D eigenvalue weighted by atomic mass is 10.3. The van der Waals surface area contributed by atoms with Crippen LogP contribution in [-0.2, 0) is 6.54 Å². The number of rotatable bonds is 6. The van der Waals surface area contributed by atoms with Crippen molar-refractivity contribution >= 4 is 23.1 Å². The number of imidazole rings is 1. The zero-order valence-corrected chi connectivity index (χ0v) is 16.0. The minimum absolute atomic E-state index is 0.396.